The summed E-state index contributed by atoms with van der Waals surface area (Å²) in [5.74, 6) is -3.46. The van der Waals surface area contributed by atoms with Crippen LogP contribution in [0.1, 0.15) is 43.4 Å². The van der Waals surface area contributed by atoms with E-state index in [1.54, 1.807) is 0 Å². The first-order valence-corrected chi connectivity index (χ1v) is 11.5. The van der Waals surface area contributed by atoms with Crippen molar-refractivity contribution >= 4 is 23.8 Å². The summed E-state index contributed by atoms with van der Waals surface area (Å²) >= 11 is 0. The summed E-state index contributed by atoms with van der Waals surface area (Å²) in [6.07, 6.45) is 0.790. The smallest absolute Gasteiger partial charge is 0.326 e. The number of carbonyl (C=O) groups is 4. The van der Waals surface area contributed by atoms with Crippen LogP contribution in [-0.2, 0) is 23.9 Å². The summed E-state index contributed by atoms with van der Waals surface area (Å²) < 4.78 is 5.84. The first kappa shape index (κ1) is 23.5. The average molecular weight is 465 g/mol. The van der Waals surface area contributed by atoms with Crippen molar-refractivity contribution in [3.8, 4) is 0 Å². The standard InChI is InChI=1S/C26H28N2O6/c1-16(24(30)28-14-8-13-21(28)25(31)32)27-23(29)19-15-20(19)26(33)34-22(17-9-4-2-5-10-17)18-11-6-3-7-12-18/h2-7,9-12,16,19-22H,8,13-15H2,1H3,(H,27,29)(H,31,32)/t16-,19?,20?,21-/m0/s1. The molecule has 0 bridgehead atoms. The molecule has 34 heavy (non-hydrogen) atoms. The quantitative estimate of drug-likeness (QED) is 0.581. The van der Waals surface area contributed by atoms with Gasteiger partial charge in [0.2, 0.25) is 11.8 Å². The van der Waals surface area contributed by atoms with Crippen LogP contribution in [-0.4, -0.2) is 52.4 Å². The van der Waals surface area contributed by atoms with Crippen molar-refractivity contribution in [2.24, 2.45) is 11.8 Å². The third-order valence-corrected chi connectivity index (χ3v) is 6.42. The third-order valence-electron chi connectivity index (χ3n) is 6.42. The number of ether oxygens (including phenoxy) is 1. The monoisotopic (exact) mass is 464 g/mol. The molecular formula is C26H28N2O6. The highest BCUT2D eigenvalue weighted by Gasteiger charge is 2.50. The van der Waals surface area contributed by atoms with Gasteiger partial charge in [0.05, 0.1) is 11.8 Å². The van der Waals surface area contributed by atoms with E-state index in [1.807, 2.05) is 60.7 Å². The largest absolute Gasteiger partial charge is 0.480 e. The Bertz CT molecular complexity index is 1020. The van der Waals surface area contributed by atoms with Crippen LogP contribution in [0.25, 0.3) is 0 Å². The Balaban J connectivity index is 1.36. The van der Waals surface area contributed by atoms with Gasteiger partial charge in [0.25, 0.3) is 0 Å². The van der Waals surface area contributed by atoms with Gasteiger partial charge in [-0.2, -0.15) is 0 Å². The number of benzene rings is 2. The lowest BCUT2D eigenvalue weighted by atomic mass is 10.0. The van der Waals surface area contributed by atoms with E-state index in [4.69, 9.17) is 4.74 Å². The van der Waals surface area contributed by atoms with Crippen LogP contribution in [0.3, 0.4) is 0 Å². The van der Waals surface area contributed by atoms with E-state index in [1.165, 1.54) is 11.8 Å². The molecule has 2 unspecified atom stereocenters. The van der Waals surface area contributed by atoms with Crippen molar-refractivity contribution < 1.29 is 29.0 Å². The van der Waals surface area contributed by atoms with Crippen molar-refractivity contribution in [3.63, 3.8) is 0 Å². The first-order valence-electron chi connectivity index (χ1n) is 11.5. The molecule has 1 aliphatic carbocycles. The summed E-state index contributed by atoms with van der Waals surface area (Å²) in [5.41, 5.74) is 1.67. The number of nitrogens with zero attached hydrogens (tertiary/aromatic N) is 1. The van der Waals surface area contributed by atoms with Gasteiger partial charge >= 0.3 is 11.9 Å². The van der Waals surface area contributed by atoms with Crippen molar-refractivity contribution in [2.75, 3.05) is 6.54 Å². The van der Waals surface area contributed by atoms with Gasteiger partial charge in [0.1, 0.15) is 12.1 Å². The second-order valence-corrected chi connectivity index (χ2v) is 8.85. The number of rotatable bonds is 8. The molecule has 1 aliphatic heterocycles. The molecule has 8 heteroatoms. The predicted octanol–water partition coefficient (Wildman–Crippen LogP) is 2.54. The van der Waals surface area contributed by atoms with Crippen LogP contribution in [0.5, 0.6) is 0 Å². The van der Waals surface area contributed by atoms with Crippen LogP contribution in [0, 0.1) is 11.8 Å². The van der Waals surface area contributed by atoms with Gasteiger partial charge in [-0.1, -0.05) is 60.7 Å². The maximum absolute atomic E-state index is 12.9. The van der Waals surface area contributed by atoms with E-state index in [2.05, 4.69) is 5.32 Å². The average Bonchev–Trinajstić information content (AvgIpc) is 3.51. The van der Waals surface area contributed by atoms with E-state index in [9.17, 15) is 24.3 Å². The molecule has 0 aromatic heterocycles. The third kappa shape index (κ3) is 5.11. The highest BCUT2D eigenvalue weighted by molar-refractivity contribution is 5.94. The Morgan fingerprint density at radius 2 is 1.56 bits per heavy atom. The zero-order valence-electron chi connectivity index (χ0n) is 18.9. The molecule has 1 saturated carbocycles. The summed E-state index contributed by atoms with van der Waals surface area (Å²) in [6, 6.07) is 17.1. The number of carbonyl (C=O) groups excluding carboxylic acids is 3. The number of likely N-dealkylation sites (tertiary alicyclic amines) is 1. The number of carboxylic acids is 1. The molecule has 1 saturated heterocycles. The SMILES string of the molecule is C[C@H](NC(=O)C1CC1C(=O)OC(c1ccccc1)c1ccccc1)C(=O)N1CCC[C@H]1C(=O)O. The molecule has 4 rings (SSSR count). The van der Waals surface area contributed by atoms with E-state index >= 15 is 0 Å². The molecule has 1 heterocycles. The molecule has 178 valence electrons. The minimum Gasteiger partial charge on any atom is -0.480 e. The van der Waals surface area contributed by atoms with E-state index < -0.39 is 53.8 Å². The fourth-order valence-electron chi connectivity index (χ4n) is 4.45. The van der Waals surface area contributed by atoms with E-state index in [0.29, 0.717) is 25.8 Å². The number of nitrogens with one attached hydrogen (secondary N) is 1. The van der Waals surface area contributed by atoms with Gasteiger partial charge in [-0.3, -0.25) is 14.4 Å². The van der Waals surface area contributed by atoms with E-state index in [-0.39, 0.29) is 0 Å². The van der Waals surface area contributed by atoms with Gasteiger partial charge in [0.15, 0.2) is 6.10 Å². The number of hydrogen-bond acceptors (Lipinski definition) is 5. The van der Waals surface area contributed by atoms with Gasteiger partial charge in [-0.05, 0) is 37.3 Å². The molecule has 2 fully saturated rings. The molecule has 2 amide bonds. The number of aliphatic carboxylic acids is 1. The van der Waals surface area contributed by atoms with Gasteiger partial charge in [-0.15, -0.1) is 0 Å². The van der Waals surface area contributed by atoms with Gasteiger partial charge in [-0.25, -0.2) is 4.79 Å². The number of hydrogen-bond donors (Lipinski definition) is 2. The highest BCUT2D eigenvalue weighted by atomic mass is 16.5. The number of amides is 2. The normalized spacial score (nSPS) is 22.2. The lowest BCUT2D eigenvalue weighted by Gasteiger charge is -2.25. The minimum absolute atomic E-state index is 0.351. The summed E-state index contributed by atoms with van der Waals surface area (Å²) in [7, 11) is 0. The predicted molar refractivity (Wildman–Crippen MR) is 122 cm³/mol. The van der Waals surface area contributed by atoms with Crippen LogP contribution < -0.4 is 5.32 Å². The Kier molecular flexibility index (Phi) is 6.95. The fraction of sp³-hybridized carbons (Fsp3) is 0.385. The molecule has 0 radical (unpaired) electrons. The van der Waals surface area contributed by atoms with E-state index in [0.717, 1.165) is 11.1 Å². The number of esters is 1. The van der Waals surface area contributed by atoms with Crippen molar-refractivity contribution in [2.45, 2.75) is 44.4 Å². The second kappa shape index (κ2) is 10.1. The Labute approximate surface area is 197 Å². The fourth-order valence-corrected chi connectivity index (χ4v) is 4.45. The zero-order valence-corrected chi connectivity index (χ0v) is 18.9. The maximum Gasteiger partial charge on any atom is 0.326 e. The second-order valence-electron chi connectivity index (χ2n) is 8.85. The lowest BCUT2D eigenvalue weighted by molar-refractivity contribution is -0.151. The Morgan fingerprint density at radius 3 is 2.12 bits per heavy atom. The minimum atomic E-state index is -1.04. The summed E-state index contributed by atoms with van der Waals surface area (Å²) in [4.78, 5) is 50.9. The zero-order chi connectivity index (χ0) is 24.2. The molecule has 8 nitrogen and oxygen atoms in total. The molecule has 0 spiro atoms. The van der Waals surface area contributed by atoms with Gasteiger partial charge in [0, 0.05) is 6.54 Å². The Morgan fingerprint density at radius 1 is 0.971 bits per heavy atom. The first-order chi connectivity index (χ1) is 16.4. The van der Waals surface area contributed by atoms with Crippen molar-refractivity contribution in [3.05, 3.63) is 71.8 Å². The summed E-state index contributed by atoms with van der Waals surface area (Å²) in [5, 5.41) is 11.9. The Hall–Kier alpha value is -3.68. The number of carboxylic acid groups (broad SMARTS) is 1. The van der Waals surface area contributed by atoms with Gasteiger partial charge < -0.3 is 20.1 Å². The molecular weight excluding hydrogens is 436 g/mol. The molecule has 2 aliphatic rings. The summed E-state index contributed by atoms with van der Waals surface area (Å²) in [6.45, 7) is 1.89. The molecule has 4 atom stereocenters. The van der Waals surface area contributed by atoms with Crippen LogP contribution >= 0.6 is 0 Å². The van der Waals surface area contributed by atoms with Crippen LogP contribution in [0.2, 0.25) is 0 Å². The maximum atomic E-state index is 12.9. The highest BCUT2D eigenvalue weighted by Crippen LogP contribution is 2.41. The lowest BCUT2D eigenvalue weighted by Crippen LogP contribution is -2.50. The van der Waals surface area contributed by atoms with Crippen molar-refractivity contribution in [1.82, 2.24) is 10.2 Å². The van der Waals surface area contributed by atoms with Crippen molar-refractivity contribution in [1.29, 1.82) is 0 Å². The van der Waals surface area contributed by atoms with Crippen LogP contribution in [0.4, 0.5) is 0 Å². The van der Waals surface area contributed by atoms with Crippen LogP contribution in [0.15, 0.2) is 60.7 Å². The molecule has 2 aromatic rings. The molecule has 2 N–H and O–H groups in total. The topological polar surface area (TPSA) is 113 Å². The molecule has 2 aromatic carbocycles.